The Bertz CT molecular complexity index is 288. The molecule has 0 bridgehead atoms. The molecule has 4 heteroatoms. The number of rotatable bonds is 8. The highest BCUT2D eigenvalue weighted by atomic mass is 32.1. The molecule has 1 aromatic rings. The highest BCUT2D eigenvalue weighted by molar-refractivity contribution is 7.11. The molecule has 0 unspecified atom stereocenters. The fourth-order valence-electron chi connectivity index (χ4n) is 1.55. The average Bonchev–Trinajstić information content (AvgIpc) is 2.74. The van der Waals surface area contributed by atoms with Gasteiger partial charge in [-0.15, -0.1) is 11.3 Å². The highest BCUT2D eigenvalue weighted by Crippen LogP contribution is 2.18. The van der Waals surface area contributed by atoms with Crippen molar-refractivity contribution in [3.8, 4) is 0 Å². The van der Waals surface area contributed by atoms with Crippen LogP contribution in [0.25, 0.3) is 0 Å². The van der Waals surface area contributed by atoms with E-state index in [9.17, 15) is 0 Å². The number of hydrogen-bond acceptors (Lipinski definition) is 4. The lowest BCUT2D eigenvalue weighted by molar-refractivity contribution is 0.127. The summed E-state index contributed by atoms with van der Waals surface area (Å²) in [5.74, 6) is 0. The Hall–Kier alpha value is -0.420. The lowest BCUT2D eigenvalue weighted by Gasteiger charge is -2.19. The Balaban J connectivity index is 2.46. The van der Waals surface area contributed by atoms with E-state index in [0.29, 0.717) is 13.2 Å². The molecule has 0 atom stereocenters. The van der Waals surface area contributed by atoms with Crippen molar-refractivity contribution in [1.82, 2.24) is 4.90 Å². The van der Waals surface area contributed by atoms with Gasteiger partial charge in [0.05, 0.1) is 13.2 Å². The maximum absolute atomic E-state index is 8.99. The summed E-state index contributed by atoms with van der Waals surface area (Å²) in [6.45, 7) is 5.58. The number of methoxy groups -OCH3 is 1. The van der Waals surface area contributed by atoms with Gasteiger partial charge in [0.2, 0.25) is 0 Å². The van der Waals surface area contributed by atoms with Gasteiger partial charge in [-0.05, 0) is 18.6 Å². The second kappa shape index (κ2) is 7.79. The molecule has 0 amide bonds. The van der Waals surface area contributed by atoms with Gasteiger partial charge in [0.15, 0.2) is 0 Å². The number of ether oxygens (including phenoxy) is 1. The minimum Gasteiger partial charge on any atom is -0.395 e. The quantitative estimate of drug-likeness (QED) is 0.755. The van der Waals surface area contributed by atoms with E-state index in [1.54, 1.807) is 7.11 Å². The van der Waals surface area contributed by atoms with Gasteiger partial charge < -0.3 is 9.84 Å². The van der Waals surface area contributed by atoms with Gasteiger partial charge in [-0.1, -0.05) is 6.92 Å². The molecule has 0 saturated carbocycles. The van der Waals surface area contributed by atoms with Crippen LogP contribution in [0.5, 0.6) is 0 Å². The zero-order chi connectivity index (χ0) is 11.8. The Labute approximate surface area is 102 Å². The summed E-state index contributed by atoms with van der Waals surface area (Å²) >= 11 is 1.86. The van der Waals surface area contributed by atoms with Crippen molar-refractivity contribution in [2.75, 3.05) is 33.4 Å². The maximum Gasteiger partial charge on any atom is 0.0589 e. The second-order valence-corrected chi connectivity index (χ2v) is 4.97. The lowest BCUT2D eigenvalue weighted by Crippen LogP contribution is -2.29. The fraction of sp³-hybridized carbons (Fsp3) is 0.667. The van der Waals surface area contributed by atoms with Gasteiger partial charge in [0.25, 0.3) is 0 Å². The van der Waals surface area contributed by atoms with E-state index in [1.165, 1.54) is 9.75 Å². The van der Waals surface area contributed by atoms with Crippen molar-refractivity contribution in [2.45, 2.75) is 19.9 Å². The van der Waals surface area contributed by atoms with Gasteiger partial charge in [-0.2, -0.15) is 0 Å². The van der Waals surface area contributed by atoms with E-state index in [2.05, 4.69) is 24.0 Å². The van der Waals surface area contributed by atoms with Crippen LogP contribution in [0.3, 0.4) is 0 Å². The van der Waals surface area contributed by atoms with Crippen LogP contribution in [0.15, 0.2) is 12.1 Å². The third-order valence-corrected chi connectivity index (χ3v) is 3.69. The number of aryl methyl sites for hydroxylation is 1. The SMILES string of the molecule is CCc1ccc(CN(CCO)CCOC)s1. The van der Waals surface area contributed by atoms with Crippen LogP contribution < -0.4 is 0 Å². The first-order valence-corrected chi connectivity index (χ1v) is 6.51. The molecule has 1 rings (SSSR count). The van der Waals surface area contributed by atoms with Crippen molar-refractivity contribution in [3.63, 3.8) is 0 Å². The summed E-state index contributed by atoms with van der Waals surface area (Å²) in [6.07, 6.45) is 1.10. The Morgan fingerprint density at radius 3 is 2.62 bits per heavy atom. The summed E-state index contributed by atoms with van der Waals surface area (Å²) < 4.78 is 5.06. The van der Waals surface area contributed by atoms with Crippen molar-refractivity contribution in [2.24, 2.45) is 0 Å². The molecular weight excluding hydrogens is 222 g/mol. The Kier molecular flexibility index (Phi) is 6.64. The molecule has 1 heterocycles. The van der Waals surface area contributed by atoms with Crippen LogP contribution in [0.1, 0.15) is 16.7 Å². The number of aliphatic hydroxyl groups is 1. The van der Waals surface area contributed by atoms with Crippen molar-refractivity contribution in [3.05, 3.63) is 21.9 Å². The third-order valence-electron chi connectivity index (χ3n) is 2.47. The summed E-state index contributed by atoms with van der Waals surface area (Å²) in [5, 5.41) is 8.99. The first kappa shape index (κ1) is 13.6. The minimum atomic E-state index is 0.204. The number of thiophene rings is 1. The van der Waals surface area contributed by atoms with Crippen LogP contribution in [0.2, 0.25) is 0 Å². The zero-order valence-electron chi connectivity index (χ0n) is 10.1. The third kappa shape index (κ3) is 4.61. The second-order valence-electron chi connectivity index (χ2n) is 3.71. The Morgan fingerprint density at radius 1 is 1.31 bits per heavy atom. The van der Waals surface area contributed by atoms with Gasteiger partial charge in [0.1, 0.15) is 0 Å². The van der Waals surface area contributed by atoms with Gasteiger partial charge >= 0.3 is 0 Å². The predicted molar refractivity (Wildman–Crippen MR) is 67.9 cm³/mol. The van der Waals surface area contributed by atoms with E-state index in [-0.39, 0.29) is 6.61 Å². The normalized spacial score (nSPS) is 11.2. The summed E-state index contributed by atoms with van der Waals surface area (Å²) in [5.41, 5.74) is 0. The molecule has 0 spiro atoms. The molecule has 92 valence electrons. The summed E-state index contributed by atoms with van der Waals surface area (Å²) in [4.78, 5) is 5.00. The summed E-state index contributed by atoms with van der Waals surface area (Å²) in [7, 11) is 1.71. The van der Waals surface area contributed by atoms with E-state index in [1.807, 2.05) is 11.3 Å². The smallest absolute Gasteiger partial charge is 0.0589 e. The molecule has 0 saturated heterocycles. The molecule has 1 aromatic heterocycles. The molecular formula is C12H21NO2S. The molecule has 1 N–H and O–H groups in total. The largest absolute Gasteiger partial charge is 0.395 e. The molecule has 0 aliphatic carbocycles. The van der Waals surface area contributed by atoms with Gasteiger partial charge in [-0.3, -0.25) is 4.90 Å². The van der Waals surface area contributed by atoms with E-state index in [0.717, 1.165) is 19.5 Å². The monoisotopic (exact) mass is 243 g/mol. The highest BCUT2D eigenvalue weighted by Gasteiger charge is 2.07. The van der Waals surface area contributed by atoms with E-state index < -0.39 is 0 Å². The van der Waals surface area contributed by atoms with Gasteiger partial charge in [0, 0.05) is 36.5 Å². The van der Waals surface area contributed by atoms with Crippen LogP contribution in [0, 0.1) is 0 Å². The molecule has 16 heavy (non-hydrogen) atoms. The minimum absolute atomic E-state index is 0.204. The number of hydrogen-bond donors (Lipinski definition) is 1. The fourth-order valence-corrected chi connectivity index (χ4v) is 2.55. The van der Waals surface area contributed by atoms with E-state index >= 15 is 0 Å². The molecule has 0 aliphatic rings. The zero-order valence-corrected chi connectivity index (χ0v) is 10.9. The first-order chi connectivity index (χ1) is 7.80. The van der Waals surface area contributed by atoms with Crippen molar-refractivity contribution >= 4 is 11.3 Å². The van der Waals surface area contributed by atoms with Crippen molar-refractivity contribution in [1.29, 1.82) is 0 Å². The van der Waals surface area contributed by atoms with Crippen LogP contribution in [0.4, 0.5) is 0 Å². The molecule has 0 radical (unpaired) electrons. The number of nitrogens with zero attached hydrogens (tertiary/aromatic N) is 1. The van der Waals surface area contributed by atoms with Crippen LogP contribution in [-0.4, -0.2) is 43.4 Å². The molecule has 0 fully saturated rings. The maximum atomic E-state index is 8.99. The van der Waals surface area contributed by atoms with Crippen LogP contribution in [-0.2, 0) is 17.7 Å². The van der Waals surface area contributed by atoms with Crippen molar-refractivity contribution < 1.29 is 9.84 Å². The first-order valence-electron chi connectivity index (χ1n) is 5.69. The Morgan fingerprint density at radius 2 is 2.06 bits per heavy atom. The van der Waals surface area contributed by atoms with Crippen LogP contribution >= 0.6 is 11.3 Å². The molecule has 3 nitrogen and oxygen atoms in total. The lowest BCUT2D eigenvalue weighted by atomic mass is 10.3. The molecule has 0 aromatic carbocycles. The van der Waals surface area contributed by atoms with Gasteiger partial charge in [-0.25, -0.2) is 0 Å². The topological polar surface area (TPSA) is 32.7 Å². The molecule has 0 aliphatic heterocycles. The average molecular weight is 243 g/mol. The van der Waals surface area contributed by atoms with E-state index in [4.69, 9.17) is 9.84 Å². The standard InChI is InChI=1S/C12H21NO2S/c1-3-11-4-5-12(16-11)10-13(6-8-14)7-9-15-2/h4-5,14H,3,6-10H2,1-2H3. The summed E-state index contributed by atoms with van der Waals surface area (Å²) in [6, 6.07) is 4.37. The number of aliphatic hydroxyl groups excluding tert-OH is 1. The predicted octanol–water partition coefficient (Wildman–Crippen LogP) is 1.75.